The van der Waals surface area contributed by atoms with Crippen molar-refractivity contribution in [3.63, 3.8) is 0 Å². The van der Waals surface area contributed by atoms with E-state index in [2.05, 4.69) is 42.4 Å². The molecule has 1 N–H and O–H groups in total. The molecule has 1 aromatic rings. The molecule has 0 spiro atoms. The maximum atomic E-state index is 5.46. The molecule has 4 heteroatoms. The summed E-state index contributed by atoms with van der Waals surface area (Å²) in [7, 11) is 2.16. The van der Waals surface area contributed by atoms with Crippen LogP contribution in [0.5, 0.6) is 0 Å². The van der Waals surface area contributed by atoms with Gasteiger partial charge in [0, 0.05) is 33.4 Å². The molecule has 0 bridgehead atoms. The second-order valence-corrected chi connectivity index (χ2v) is 7.39. The van der Waals surface area contributed by atoms with E-state index < -0.39 is 0 Å². The molecule has 25 heavy (non-hydrogen) atoms. The Morgan fingerprint density at radius 1 is 1.24 bits per heavy atom. The molecule has 1 fully saturated rings. The van der Waals surface area contributed by atoms with Crippen LogP contribution in [0.25, 0.3) is 0 Å². The van der Waals surface area contributed by atoms with Gasteiger partial charge >= 0.3 is 0 Å². The van der Waals surface area contributed by atoms with Crippen LogP contribution < -0.4 is 5.32 Å². The maximum absolute atomic E-state index is 5.46. The van der Waals surface area contributed by atoms with E-state index in [0.29, 0.717) is 0 Å². The fourth-order valence-electron chi connectivity index (χ4n) is 3.88. The van der Waals surface area contributed by atoms with Crippen molar-refractivity contribution in [2.24, 2.45) is 10.9 Å². The van der Waals surface area contributed by atoms with Gasteiger partial charge in [-0.05, 0) is 68.1 Å². The van der Waals surface area contributed by atoms with Crippen LogP contribution in [0.3, 0.4) is 0 Å². The molecule has 0 unspecified atom stereocenters. The van der Waals surface area contributed by atoms with Crippen molar-refractivity contribution >= 4 is 5.96 Å². The Kier molecular flexibility index (Phi) is 6.74. The van der Waals surface area contributed by atoms with Crippen LogP contribution in [0, 0.1) is 5.92 Å². The van der Waals surface area contributed by atoms with Gasteiger partial charge in [-0.15, -0.1) is 0 Å². The molecule has 138 valence electrons. The van der Waals surface area contributed by atoms with Gasteiger partial charge in [0.05, 0.1) is 6.54 Å². The number of rotatable bonds is 6. The van der Waals surface area contributed by atoms with Gasteiger partial charge in [-0.2, -0.15) is 0 Å². The first-order chi connectivity index (χ1) is 12.3. The molecule has 0 saturated carbocycles. The number of guanidine groups is 1. The number of fused-ring (bicyclic) bond motifs is 1. The van der Waals surface area contributed by atoms with Gasteiger partial charge in [-0.3, -0.25) is 0 Å². The third kappa shape index (κ3) is 5.21. The van der Waals surface area contributed by atoms with Crippen LogP contribution in [0.4, 0.5) is 0 Å². The number of benzene rings is 1. The highest BCUT2D eigenvalue weighted by molar-refractivity contribution is 5.79. The molecule has 0 radical (unpaired) electrons. The van der Waals surface area contributed by atoms with Gasteiger partial charge < -0.3 is 15.0 Å². The van der Waals surface area contributed by atoms with E-state index in [1.807, 2.05) is 0 Å². The molecular weight excluding hydrogens is 310 g/mol. The standard InChI is InChI=1S/C21H33N3O/c1-3-22-21(24(2)12-9-17-10-13-25-14-11-17)23-16-18-7-8-19-5-4-6-20(19)15-18/h7-8,15,17H,3-6,9-14,16H2,1-2H3,(H,22,23). The van der Waals surface area contributed by atoms with E-state index in [1.54, 1.807) is 0 Å². The summed E-state index contributed by atoms with van der Waals surface area (Å²) in [4.78, 5) is 7.16. The third-order valence-corrected chi connectivity index (χ3v) is 5.48. The first-order valence-corrected chi connectivity index (χ1v) is 9.94. The average Bonchev–Trinajstić information content (AvgIpc) is 3.12. The molecule has 1 aromatic carbocycles. The van der Waals surface area contributed by atoms with Crippen molar-refractivity contribution in [1.29, 1.82) is 0 Å². The van der Waals surface area contributed by atoms with Gasteiger partial charge in [0.1, 0.15) is 0 Å². The zero-order chi connectivity index (χ0) is 17.5. The largest absolute Gasteiger partial charge is 0.381 e. The highest BCUT2D eigenvalue weighted by Gasteiger charge is 2.15. The lowest BCUT2D eigenvalue weighted by Gasteiger charge is -2.26. The molecule has 4 nitrogen and oxygen atoms in total. The van der Waals surface area contributed by atoms with E-state index >= 15 is 0 Å². The SMILES string of the molecule is CCNC(=NCc1ccc2c(c1)CCC2)N(C)CCC1CCOCC1. The molecule has 3 rings (SSSR count). The summed E-state index contributed by atoms with van der Waals surface area (Å²) >= 11 is 0. The lowest BCUT2D eigenvalue weighted by Crippen LogP contribution is -2.40. The van der Waals surface area contributed by atoms with Crippen molar-refractivity contribution < 1.29 is 4.74 Å². The topological polar surface area (TPSA) is 36.9 Å². The van der Waals surface area contributed by atoms with E-state index in [1.165, 1.54) is 55.2 Å². The number of nitrogens with zero attached hydrogens (tertiary/aromatic N) is 2. The summed E-state index contributed by atoms with van der Waals surface area (Å²) in [5.41, 5.74) is 4.40. The third-order valence-electron chi connectivity index (χ3n) is 5.48. The highest BCUT2D eigenvalue weighted by Crippen LogP contribution is 2.23. The van der Waals surface area contributed by atoms with E-state index in [0.717, 1.165) is 44.7 Å². The lowest BCUT2D eigenvalue weighted by molar-refractivity contribution is 0.0625. The molecular formula is C21H33N3O. The molecule has 0 atom stereocenters. The Balaban J connectivity index is 1.56. The summed E-state index contributed by atoms with van der Waals surface area (Å²) in [5, 5.41) is 3.44. The smallest absolute Gasteiger partial charge is 0.193 e. The number of nitrogens with one attached hydrogen (secondary N) is 1. The fourth-order valence-corrected chi connectivity index (χ4v) is 3.88. The second kappa shape index (κ2) is 9.23. The quantitative estimate of drug-likeness (QED) is 0.635. The number of hydrogen-bond acceptors (Lipinski definition) is 2. The van der Waals surface area contributed by atoms with Crippen molar-refractivity contribution in [2.75, 3.05) is 33.4 Å². The van der Waals surface area contributed by atoms with Crippen LogP contribution in [-0.2, 0) is 24.1 Å². The molecule has 1 heterocycles. The number of aliphatic imine (C=N–C) groups is 1. The molecule has 1 aliphatic carbocycles. The Morgan fingerprint density at radius 3 is 2.84 bits per heavy atom. The Morgan fingerprint density at radius 2 is 2.04 bits per heavy atom. The highest BCUT2D eigenvalue weighted by atomic mass is 16.5. The van der Waals surface area contributed by atoms with Crippen molar-refractivity contribution in [3.05, 3.63) is 34.9 Å². The van der Waals surface area contributed by atoms with Crippen LogP contribution in [0.2, 0.25) is 0 Å². The van der Waals surface area contributed by atoms with Crippen LogP contribution in [-0.4, -0.2) is 44.2 Å². The van der Waals surface area contributed by atoms with Gasteiger partial charge in [0.15, 0.2) is 5.96 Å². The van der Waals surface area contributed by atoms with Crippen molar-refractivity contribution in [1.82, 2.24) is 10.2 Å². The minimum atomic E-state index is 0.761. The Bertz CT molecular complexity index is 579. The van der Waals surface area contributed by atoms with Crippen LogP contribution >= 0.6 is 0 Å². The van der Waals surface area contributed by atoms with Crippen LogP contribution in [0.1, 0.15) is 49.3 Å². The first-order valence-electron chi connectivity index (χ1n) is 9.94. The summed E-state index contributed by atoms with van der Waals surface area (Å²) in [6.07, 6.45) is 7.42. The van der Waals surface area contributed by atoms with Crippen molar-refractivity contribution in [2.45, 2.75) is 52.0 Å². The monoisotopic (exact) mass is 343 g/mol. The molecule has 0 aromatic heterocycles. The summed E-state index contributed by atoms with van der Waals surface area (Å²) in [6.45, 7) is 6.72. The number of hydrogen-bond donors (Lipinski definition) is 1. The van der Waals surface area contributed by atoms with E-state index in [9.17, 15) is 0 Å². The Labute approximate surface area is 152 Å². The van der Waals surface area contributed by atoms with Gasteiger partial charge in [-0.1, -0.05) is 18.2 Å². The number of ether oxygens (including phenoxy) is 1. The van der Waals surface area contributed by atoms with E-state index in [-0.39, 0.29) is 0 Å². The molecule has 1 aliphatic heterocycles. The van der Waals surface area contributed by atoms with Gasteiger partial charge in [0.25, 0.3) is 0 Å². The zero-order valence-corrected chi connectivity index (χ0v) is 15.9. The van der Waals surface area contributed by atoms with Gasteiger partial charge in [0.2, 0.25) is 0 Å². The molecule has 2 aliphatic rings. The first kappa shape index (κ1) is 18.2. The molecule has 1 saturated heterocycles. The number of aryl methyl sites for hydroxylation is 2. The minimum Gasteiger partial charge on any atom is -0.381 e. The van der Waals surface area contributed by atoms with Crippen LogP contribution in [0.15, 0.2) is 23.2 Å². The summed E-state index contributed by atoms with van der Waals surface area (Å²) < 4.78 is 5.46. The summed E-state index contributed by atoms with van der Waals surface area (Å²) in [5.74, 6) is 1.82. The fraction of sp³-hybridized carbons (Fsp3) is 0.667. The predicted molar refractivity (Wildman–Crippen MR) is 104 cm³/mol. The van der Waals surface area contributed by atoms with Gasteiger partial charge in [-0.25, -0.2) is 4.99 Å². The lowest BCUT2D eigenvalue weighted by atomic mass is 9.96. The summed E-state index contributed by atoms with van der Waals surface area (Å²) in [6, 6.07) is 6.91. The minimum absolute atomic E-state index is 0.761. The van der Waals surface area contributed by atoms with E-state index in [4.69, 9.17) is 9.73 Å². The zero-order valence-electron chi connectivity index (χ0n) is 15.9. The predicted octanol–water partition coefficient (Wildman–Crippen LogP) is 3.39. The Hall–Kier alpha value is -1.55. The molecule has 0 amide bonds. The second-order valence-electron chi connectivity index (χ2n) is 7.39. The van der Waals surface area contributed by atoms with Crippen molar-refractivity contribution in [3.8, 4) is 0 Å². The average molecular weight is 344 g/mol. The maximum Gasteiger partial charge on any atom is 0.193 e. The normalized spacial score (nSPS) is 18.2.